The van der Waals surface area contributed by atoms with Gasteiger partial charge >= 0.3 is 7.82 Å². The number of phosphoric ester groups is 1. The average Bonchev–Trinajstić information content (AvgIpc) is 3.32. The number of aliphatic hydroxyl groups excluding tert-OH is 1. The summed E-state index contributed by atoms with van der Waals surface area (Å²) in [7, 11) is 1.56. The van der Waals surface area contributed by atoms with E-state index in [0.29, 0.717) is 17.4 Å². The minimum atomic E-state index is -4.35. The van der Waals surface area contributed by atoms with E-state index in [2.05, 4.69) is 43.5 Å². The van der Waals surface area contributed by atoms with Crippen molar-refractivity contribution < 1.29 is 32.9 Å². The van der Waals surface area contributed by atoms with E-state index in [9.17, 15) is 19.4 Å². The molecule has 9 heteroatoms. The first-order chi connectivity index (χ1) is 34.0. The van der Waals surface area contributed by atoms with Gasteiger partial charge in [-0.15, -0.1) is 0 Å². The summed E-state index contributed by atoms with van der Waals surface area (Å²) in [5.41, 5.74) is 0. The standard InChI is InChI=1S/C61H119N2O6P/c1-6-8-10-12-14-16-18-20-22-23-24-25-26-27-28-29-30-31-32-33-34-35-36-37-38-39-41-43-45-47-49-51-53-55-61(65)62-59(58-69-70(66,67)68-57-56-63(3,4)5)60(64)54-52-50-48-46-44-42-40-21-19-17-15-13-11-9-7-2/h23-24,44,46,52,54,59-60,64H,6-22,25-43,45,47-51,53,55-58H2,1-5H3,(H-,62,65,66,67)/p+1/b24-23-,46-44+,54-52+. The first-order valence-electron chi connectivity index (χ1n) is 30.4. The van der Waals surface area contributed by atoms with Gasteiger partial charge in [-0.25, -0.2) is 4.57 Å². The van der Waals surface area contributed by atoms with Crippen molar-refractivity contribution in [2.45, 2.75) is 309 Å². The van der Waals surface area contributed by atoms with Crippen LogP contribution in [0.1, 0.15) is 296 Å². The van der Waals surface area contributed by atoms with Crippen LogP contribution in [-0.2, 0) is 18.4 Å². The third-order valence-corrected chi connectivity index (χ3v) is 14.8. The molecular weight excluding hydrogens is 888 g/mol. The van der Waals surface area contributed by atoms with Crippen molar-refractivity contribution in [3.63, 3.8) is 0 Å². The highest BCUT2D eigenvalue weighted by Gasteiger charge is 2.27. The molecule has 0 saturated carbocycles. The van der Waals surface area contributed by atoms with Crippen molar-refractivity contribution in [3.05, 3.63) is 36.5 Å². The second-order valence-corrected chi connectivity index (χ2v) is 23.5. The Bertz CT molecular complexity index is 1230. The smallest absolute Gasteiger partial charge is 0.387 e. The molecule has 0 aromatic rings. The number of nitrogens with one attached hydrogen (secondary N) is 1. The molecule has 3 N–H and O–H groups in total. The number of rotatable bonds is 56. The summed E-state index contributed by atoms with van der Waals surface area (Å²) in [5, 5.41) is 13.9. The van der Waals surface area contributed by atoms with Crippen molar-refractivity contribution in [3.8, 4) is 0 Å². The number of carbonyl (C=O) groups is 1. The van der Waals surface area contributed by atoms with Crippen LogP contribution in [0.15, 0.2) is 36.5 Å². The van der Waals surface area contributed by atoms with Gasteiger partial charge in [-0.1, -0.05) is 269 Å². The quantitative estimate of drug-likeness (QED) is 0.0243. The summed E-state index contributed by atoms with van der Waals surface area (Å²) in [4.78, 5) is 23.3. The number of allylic oxidation sites excluding steroid dienone is 5. The van der Waals surface area contributed by atoms with E-state index in [4.69, 9.17) is 9.05 Å². The van der Waals surface area contributed by atoms with Gasteiger partial charge in [0, 0.05) is 6.42 Å². The molecule has 3 atom stereocenters. The molecule has 1 amide bonds. The van der Waals surface area contributed by atoms with Gasteiger partial charge in [0.15, 0.2) is 0 Å². The van der Waals surface area contributed by atoms with Crippen molar-refractivity contribution in [2.75, 3.05) is 40.9 Å². The van der Waals surface area contributed by atoms with E-state index in [1.165, 1.54) is 238 Å². The Morgan fingerprint density at radius 1 is 0.471 bits per heavy atom. The molecule has 0 bridgehead atoms. The van der Waals surface area contributed by atoms with Gasteiger partial charge in [0.05, 0.1) is 39.9 Å². The van der Waals surface area contributed by atoms with Gasteiger partial charge in [-0.3, -0.25) is 13.8 Å². The fourth-order valence-electron chi connectivity index (χ4n) is 9.06. The van der Waals surface area contributed by atoms with Crippen LogP contribution in [0.2, 0.25) is 0 Å². The number of likely N-dealkylation sites (N-methyl/N-ethyl adjacent to an activating group) is 1. The summed E-state index contributed by atoms with van der Waals surface area (Å²) in [5.74, 6) is -0.182. The van der Waals surface area contributed by atoms with Crippen molar-refractivity contribution in [1.82, 2.24) is 5.32 Å². The predicted octanol–water partition coefficient (Wildman–Crippen LogP) is 18.5. The van der Waals surface area contributed by atoms with Gasteiger partial charge < -0.3 is 19.8 Å². The number of unbranched alkanes of at least 4 members (excludes halogenated alkanes) is 39. The van der Waals surface area contributed by atoms with Gasteiger partial charge in [0.1, 0.15) is 13.2 Å². The Hall–Kier alpha value is -1.28. The highest BCUT2D eigenvalue weighted by molar-refractivity contribution is 7.47. The summed E-state index contributed by atoms with van der Waals surface area (Å²) >= 11 is 0. The molecule has 0 aliphatic rings. The number of amides is 1. The van der Waals surface area contributed by atoms with E-state index in [1.807, 2.05) is 27.2 Å². The number of aliphatic hydroxyl groups is 1. The van der Waals surface area contributed by atoms with E-state index in [-0.39, 0.29) is 19.1 Å². The van der Waals surface area contributed by atoms with Crippen LogP contribution < -0.4 is 5.32 Å². The van der Waals surface area contributed by atoms with Crippen molar-refractivity contribution in [2.24, 2.45) is 0 Å². The Morgan fingerprint density at radius 3 is 1.14 bits per heavy atom. The topological polar surface area (TPSA) is 105 Å². The Kier molecular flexibility index (Phi) is 51.6. The average molecular weight is 1010 g/mol. The molecule has 0 aliphatic heterocycles. The number of quaternary nitrogens is 1. The lowest BCUT2D eigenvalue weighted by atomic mass is 10.0. The van der Waals surface area contributed by atoms with Crippen LogP contribution in [-0.4, -0.2) is 73.4 Å². The van der Waals surface area contributed by atoms with E-state index in [1.54, 1.807) is 6.08 Å². The lowest BCUT2D eigenvalue weighted by Gasteiger charge is -2.25. The summed E-state index contributed by atoms with van der Waals surface area (Å²) in [6, 6.07) is -0.861. The van der Waals surface area contributed by atoms with E-state index >= 15 is 0 Å². The third kappa shape index (κ3) is 54.5. The minimum Gasteiger partial charge on any atom is -0.387 e. The fraction of sp³-hybridized carbons (Fsp3) is 0.885. The largest absolute Gasteiger partial charge is 0.472 e. The van der Waals surface area contributed by atoms with Gasteiger partial charge in [0.25, 0.3) is 0 Å². The molecule has 0 aliphatic carbocycles. The number of hydrogen-bond donors (Lipinski definition) is 3. The zero-order valence-corrected chi connectivity index (χ0v) is 48.2. The number of nitrogens with zero attached hydrogens (tertiary/aromatic N) is 1. The maximum atomic E-state index is 13.0. The molecule has 414 valence electrons. The molecule has 0 saturated heterocycles. The maximum Gasteiger partial charge on any atom is 0.472 e. The fourth-order valence-corrected chi connectivity index (χ4v) is 9.79. The van der Waals surface area contributed by atoms with E-state index in [0.717, 1.165) is 38.5 Å². The first-order valence-corrected chi connectivity index (χ1v) is 31.9. The van der Waals surface area contributed by atoms with Gasteiger partial charge in [-0.2, -0.15) is 0 Å². The molecule has 0 aromatic heterocycles. The lowest BCUT2D eigenvalue weighted by Crippen LogP contribution is -2.45. The van der Waals surface area contributed by atoms with Crippen LogP contribution in [0.5, 0.6) is 0 Å². The summed E-state index contributed by atoms with van der Waals surface area (Å²) in [6.45, 7) is 4.82. The molecule has 70 heavy (non-hydrogen) atoms. The number of phosphoric acid groups is 1. The highest BCUT2D eigenvalue weighted by atomic mass is 31.2. The van der Waals surface area contributed by atoms with Crippen LogP contribution >= 0.6 is 7.82 Å². The predicted molar refractivity (Wildman–Crippen MR) is 304 cm³/mol. The second-order valence-electron chi connectivity index (χ2n) is 22.1. The maximum absolute atomic E-state index is 13.0. The minimum absolute atomic E-state index is 0.0577. The first kappa shape index (κ1) is 68.7. The van der Waals surface area contributed by atoms with E-state index < -0.39 is 20.0 Å². The SMILES string of the molecule is CCCCCCCCCC/C=C\CCCCCCCCCCCCCCCCCCCCCCCC(=O)NC(COP(=O)(O)OCC[N+](C)(C)C)C(O)/C=C/CC/C=C/CCCCCCCCCCC. The molecule has 0 radical (unpaired) electrons. The Morgan fingerprint density at radius 2 is 0.786 bits per heavy atom. The molecule has 0 heterocycles. The summed E-state index contributed by atoms with van der Waals surface area (Å²) < 4.78 is 23.7. The van der Waals surface area contributed by atoms with Crippen LogP contribution in [0, 0.1) is 0 Å². The molecule has 3 unspecified atom stereocenters. The van der Waals surface area contributed by atoms with Crippen LogP contribution in [0.3, 0.4) is 0 Å². The molecule has 0 fully saturated rings. The van der Waals surface area contributed by atoms with Crippen molar-refractivity contribution in [1.29, 1.82) is 0 Å². The molecule has 0 aromatic carbocycles. The zero-order valence-electron chi connectivity index (χ0n) is 47.3. The number of carbonyl (C=O) groups excluding carboxylic acids is 1. The van der Waals surface area contributed by atoms with Crippen molar-refractivity contribution >= 4 is 13.7 Å². The number of hydrogen-bond acceptors (Lipinski definition) is 5. The highest BCUT2D eigenvalue weighted by Crippen LogP contribution is 2.43. The molecule has 0 rings (SSSR count). The van der Waals surface area contributed by atoms with Crippen LogP contribution in [0.25, 0.3) is 0 Å². The molecular formula is C61H120N2O6P+. The van der Waals surface area contributed by atoms with Gasteiger partial charge in [-0.05, 0) is 57.8 Å². The monoisotopic (exact) mass is 1010 g/mol. The Labute approximate surface area is 436 Å². The zero-order chi connectivity index (χ0) is 51.3. The normalized spacial score (nSPS) is 14.1. The third-order valence-electron chi connectivity index (χ3n) is 13.8. The summed E-state index contributed by atoms with van der Waals surface area (Å²) in [6.07, 6.45) is 68.5. The molecule has 8 nitrogen and oxygen atoms in total. The van der Waals surface area contributed by atoms with Gasteiger partial charge in [0.2, 0.25) is 5.91 Å². The second kappa shape index (κ2) is 52.6. The molecule has 0 spiro atoms. The Balaban J connectivity index is 4.02. The van der Waals surface area contributed by atoms with Crippen LogP contribution in [0.4, 0.5) is 0 Å². The lowest BCUT2D eigenvalue weighted by molar-refractivity contribution is -0.870.